The minimum Gasteiger partial charge on any atom is -0.490 e. The molecule has 0 saturated heterocycles. The lowest BCUT2D eigenvalue weighted by Gasteiger charge is -2.45. The average molecular weight is 623 g/mol. The van der Waals surface area contributed by atoms with E-state index >= 15 is 0 Å². The molecule has 5 atom stereocenters. The highest BCUT2D eigenvalue weighted by Crippen LogP contribution is 2.47. The Labute approximate surface area is 264 Å². The van der Waals surface area contributed by atoms with Crippen molar-refractivity contribution in [1.82, 2.24) is 4.90 Å². The minimum atomic E-state index is -2.16. The number of hydrogen-bond acceptors (Lipinski definition) is 7. The molecule has 4 aliphatic rings. The lowest BCUT2D eigenvalue weighted by Crippen LogP contribution is -2.49. The number of amides is 1. The number of carbonyl (C=O) groups is 2. The van der Waals surface area contributed by atoms with Crippen molar-refractivity contribution in [2.24, 2.45) is 11.8 Å². The Balaban J connectivity index is 1.46. The summed E-state index contributed by atoms with van der Waals surface area (Å²) in [6, 6.07) is 11.4. The lowest BCUT2D eigenvalue weighted by molar-refractivity contribution is -0.168. The molecule has 0 radical (unpaired) electrons. The number of benzene rings is 2. The summed E-state index contributed by atoms with van der Waals surface area (Å²) in [6.45, 7) is 2.31. The number of carbonyl (C=O) groups excluding carboxylic acids is 2. The molecular formula is C35H43ClN2O6. The van der Waals surface area contributed by atoms with Gasteiger partial charge in [-0.1, -0.05) is 35.9 Å². The van der Waals surface area contributed by atoms with Gasteiger partial charge in [0.05, 0.1) is 31.9 Å². The summed E-state index contributed by atoms with van der Waals surface area (Å²) in [4.78, 5) is 30.3. The fraction of sp³-hybridized carbons (Fsp3) is 0.543. The molecule has 44 heavy (non-hydrogen) atoms. The lowest BCUT2D eigenvalue weighted by atomic mass is 9.68. The van der Waals surface area contributed by atoms with Crippen LogP contribution < -0.4 is 9.64 Å². The monoisotopic (exact) mass is 622 g/mol. The molecule has 1 saturated carbocycles. The number of hydrogen-bond donors (Lipinski definition) is 2. The van der Waals surface area contributed by atoms with E-state index in [1.54, 1.807) is 25.2 Å². The van der Waals surface area contributed by atoms with Gasteiger partial charge in [-0.25, -0.2) is 4.79 Å². The molecule has 2 bridgehead atoms. The van der Waals surface area contributed by atoms with Gasteiger partial charge in [-0.15, -0.1) is 0 Å². The number of aryl methyl sites for hydroxylation is 1. The van der Waals surface area contributed by atoms with Gasteiger partial charge < -0.3 is 29.5 Å². The van der Waals surface area contributed by atoms with Crippen LogP contribution >= 0.6 is 11.6 Å². The number of allylic oxidation sites excluding steroid dienone is 1. The van der Waals surface area contributed by atoms with Crippen LogP contribution in [0.25, 0.3) is 0 Å². The van der Waals surface area contributed by atoms with Gasteiger partial charge in [0.15, 0.2) is 5.60 Å². The molecule has 1 spiro atoms. The van der Waals surface area contributed by atoms with E-state index in [-0.39, 0.29) is 23.2 Å². The highest BCUT2D eigenvalue weighted by atomic mass is 35.5. The van der Waals surface area contributed by atoms with E-state index in [1.807, 2.05) is 18.2 Å². The van der Waals surface area contributed by atoms with Crippen LogP contribution in [0.4, 0.5) is 5.69 Å². The molecule has 2 aromatic rings. The Morgan fingerprint density at radius 3 is 2.77 bits per heavy atom. The maximum Gasteiger partial charge on any atom is 0.343 e. The predicted octanol–water partition coefficient (Wildman–Crippen LogP) is 4.76. The van der Waals surface area contributed by atoms with Crippen molar-refractivity contribution in [2.45, 2.75) is 68.5 Å². The van der Waals surface area contributed by atoms with Crippen LogP contribution in [0.15, 0.2) is 48.6 Å². The van der Waals surface area contributed by atoms with Crippen molar-refractivity contribution in [3.63, 3.8) is 0 Å². The van der Waals surface area contributed by atoms with Crippen molar-refractivity contribution < 1.29 is 29.3 Å². The number of halogens is 1. The molecule has 1 amide bonds. The molecule has 0 aromatic heterocycles. The smallest absolute Gasteiger partial charge is 0.343 e. The van der Waals surface area contributed by atoms with Crippen LogP contribution in [0.1, 0.15) is 61.6 Å². The zero-order chi connectivity index (χ0) is 31.1. The quantitative estimate of drug-likeness (QED) is 0.350. The number of nitrogens with zero attached hydrogens (tertiary/aromatic N) is 2. The number of rotatable bonds is 1. The van der Waals surface area contributed by atoms with Crippen molar-refractivity contribution in [2.75, 3.05) is 45.3 Å². The topological polar surface area (TPSA) is 99.5 Å². The van der Waals surface area contributed by atoms with E-state index in [2.05, 4.69) is 17.0 Å². The summed E-state index contributed by atoms with van der Waals surface area (Å²) in [6.07, 6.45) is 9.25. The van der Waals surface area contributed by atoms with Crippen LogP contribution in [-0.4, -0.2) is 73.5 Å². The number of aliphatic hydroxyl groups is 2. The van der Waals surface area contributed by atoms with Crippen molar-refractivity contribution >= 4 is 29.2 Å². The van der Waals surface area contributed by atoms with E-state index in [0.717, 1.165) is 42.8 Å². The number of aliphatic hydroxyl groups excluding tert-OH is 1. The first kappa shape index (κ1) is 30.9. The molecule has 2 aliphatic carbocycles. The Morgan fingerprint density at radius 2 is 2.00 bits per heavy atom. The molecule has 8 nitrogen and oxygen atoms in total. The van der Waals surface area contributed by atoms with Gasteiger partial charge in [-0.3, -0.25) is 4.79 Å². The van der Waals surface area contributed by atoms with E-state index in [4.69, 9.17) is 21.1 Å². The first-order valence-electron chi connectivity index (χ1n) is 15.8. The Kier molecular flexibility index (Phi) is 8.70. The molecular weight excluding hydrogens is 580 g/mol. The Morgan fingerprint density at radius 1 is 1.16 bits per heavy atom. The molecule has 6 rings (SSSR count). The van der Waals surface area contributed by atoms with E-state index < -0.39 is 24.1 Å². The van der Waals surface area contributed by atoms with Crippen LogP contribution in [0, 0.1) is 11.8 Å². The summed E-state index contributed by atoms with van der Waals surface area (Å²) in [5.41, 5.74) is 1.10. The second-order valence-electron chi connectivity index (χ2n) is 13.2. The summed E-state index contributed by atoms with van der Waals surface area (Å²) in [5.74, 6) is -0.168. The van der Waals surface area contributed by atoms with E-state index in [9.17, 15) is 19.8 Å². The molecule has 2 aromatic carbocycles. The molecule has 2 aliphatic heterocycles. The molecule has 0 unspecified atom stereocenters. The van der Waals surface area contributed by atoms with Gasteiger partial charge >= 0.3 is 5.97 Å². The van der Waals surface area contributed by atoms with E-state index in [0.29, 0.717) is 50.4 Å². The first-order valence-corrected chi connectivity index (χ1v) is 16.2. The number of esters is 1. The zero-order valence-electron chi connectivity index (χ0n) is 25.6. The van der Waals surface area contributed by atoms with Crippen molar-refractivity contribution in [3.8, 4) is 5.75 Å². The molecule has 236 valence electrons. The number of methoxy groups -OCH3 is 1. The normalized spacial score (nSPS) is 31.5. The van der Waals surface area contributed by atoms with Crippen LogP contribution in [-0.2, 0) is 31.8 Å². The second kappa shape index (κ2) is 12.4. The van der Waals surface area contributed by atoms with Gasteiger partial charge in [0.1, 0.15) is 5.75 Å². The minimum absolute atomic E-state index is 0.141. The molecule has 2 heterocycles. The Hall–Kier alpha value is -3.07. The van der Waals surface area contributed by atoms with Gasteiger partial charge in [-0.2, -0.15) is 0 Å². The first-order chi connectivity index (χ1) is 21.1. The van der Waals surface area contributed by atoms with Gasteiger partial charge in [-0.05, 0) is 97.7 Å². The Bertz CT molecular complexity index is 1450. The second-order valence-corrected chi connectivity index (χ2v) is 13.6. The van der Waals surface area contributed by atoms with Crippen LogP contribution in [0.3, 0.4) is 0 Å². The summed E-state index contributed by atoms with van der Waals surface area (Å²) < 4.78 is 11.7. The van der Waals surface area contributed by atoms with Crippen molar-refractivity contribution in [1.29, 1.82) is 0 Å². The fourth-order valence-corrected chi connectivity index (χ4v) is 7.88. The fourth-order valence-electron chi connectivity index (χ4n) is 7.69. The third-order valence-electron chi connectivity index (χ3n) is 10.4. The van der Waals surface area contributed by atoms with Gasteiger partial charge in [0.25, 0.3) is 0 Å². The SMILES string of the molecule is COC(=O)[C@@]1(O)CC(=O)N(C)CCC/C=C\[C@H](O)[C@@H]2CC[C@H]2CN2C[C@@]3(CCCc4cc(Cl)ccc43)COc3ccc1cc32. The van der Waals surface area contributed by atoms with E-state index in [1.165, 1.54) is 23.1 Å². The number of ether oxygens (including phenoxy) is 2. The predicted molar refractivity (Wildman–Crippen MR) is 169 cm³/mol. The summed E-state index contributed by atoms with van der Waals surface area (Å²) >= 11 is 6.41. The highest BCUT2D eigenvalue weighted by Gasteiger charge is 2.46. The van der Waals surface area contributed by atoms with Crippen LogP contribution in [0.5, 0.6) is 5.75 Å². The van der Waals surface area contributed by atoms with Crippen LogP contribution in [0.2, 0.25) is 5.02 Å². The largest absolute Gasteiger partial charge is 0.490 e. The summed E-state index contributed by atoms with van der Waals surface area (Å²) in [5, 5.41) is 23.7. The van der Waals surface area contributed by atoms with Gasteiger partial charge in [0.2, 0.25) is 5.91 Å². The third kappa shape index (κ3) is 5.72. The van der Waals surface area contributed by atoms with Gasteiger partial charge in [0, 0.05) is 37.1 Å². The standard InChI is InChI=1S/C35H43ClN2O6/c1-37-16-5-3-4-8-30(39)27-12-9-24(27)20-38-21-34(15-6-7-23-17-26(36)11-13-28(23)34)22-44-31-14-10-25(18-29(31)38)35(42,19-32(37)40)33(41)43-2/h4,8,10-11,13-14,17-18,24,27,30,39,42H,3,5-7,9,12,15-16,19-22H2,1-2H3/b8-4-/t24-,27+,30-,34-,35+/m0/s1. The number of fused-ring (bicyclic) bond motifs is 4. The highest BCUT2D eigenvalue weighted by molar-refractivity contribution is 6.30. The maximum absolute atomic E-state index is 13.3. The summed E-state index contributed by atoms with van der Waals surface area (Å²) in [7, 11) is 2.90. The number of anilines is 1. The molecule has 1 fully saturated rings. The average Bonchev–Trinajstić information content (AvgIpc) is 3.14. The third-order valence-corrected chi connectivity index (χ3v) is 10.7. The maximum atomic E-state index is 13.3. The molecule has 2 N–H and O–H groups in total. The molecule has 9 heteroatoms. The van der Waals surface area contributed by atoms with Crippen molar-refractivity contribution in [3.05, 3.63) is 70.3 Å². The zero-order valence-corrected chi connectivity index (χ0v) is 26.4.